The molecule has 0 aliphatic heterocycles. The van der Waals surface area contributed by atoms with Gasteiger partial charge in [0, 0.05) is 12.6 Å². The number of hydrogen-bond donors (Lipinski definition) is 0. The Balaban J connectivity index is 2.08. The molecule has 0 N–H and O–H groups in total. The van der Waals surface area contributed by atoms with Crippen LogP contribution < -0.4 is 4.74 Å². The number of rotatable bonds is 4. The maximum atomic E-state index is 11.8. The highest BCUT2D eigenvalue weighted by molar-refractivity contribution is 5.95. The molecule has 85 valence electrons. The quantitative estimate of drug-likeness (QED) is 0.746. The first-order valence-corrected chi connectivity index (χ1v) is 5.15. The van der Waals surface area contributed by atoms with Gasteiger partial charge in [-0.1, -0.05) is 12.1 Å². The fourth-order valence-corrected chi connectivity index (χ4v) is 1.44. The Hall–Kier alpha value is -2.23. The highest BCUT2D eigenvalue weighted by Crippen LogP contribution is 2.12. The molecule has 0 bridgehead atoms. The zero-order chi connectivity index (χ0) is 12.1. The predicted octanol–water partition coefficient (Wildman–Crippen LogP) is 1.71. The van der Waals surface area contributed by atoms with Crippen LogP contribution in [0.1, 0.15) is 16.1 Å². The first-order valence-electron chi connectivity index (χ1n) is 5.15. The van der Waals surface area contributed by atoms with Crippen LogP contribution in [0.15, 0.2) is 36.5 Å². The first kappa shape index (κ1) is 11.3. The van der Waals surface area contributed by atoms with Gasteiger partial charge in [-0.05, 0) is 23.8 Å². The van der Waals surface area contributed by atoms with Gasteiger partial charge in [0.05, 0.1) is 7.11 Å². The lowest BCUT2D eigenvalue weighted by Crippen LogP contribution is -2.06. The number of carbonyl (C=O) groups is 1. The lowest BCUT2D eigenvalue weighted by Gasteiger charge is -2.02. The van der Waals surface area contributed by atoms with Crippen molar-refractivity contribution in [3.63, 3.8) is 0 Å². The van der Waals surface area contributed by atoms with E-state index in [1.165, 1.54) is 6.20 Å². The number of aromatic nitrogens is 2. The summed E-state index contributed by atoms with van der Waals surface area (Å²) in [5, 5.41) is 0. The van der Waals surface area contributed by atoms with Crippen molar-refractivity contribution in [3.8, 4) is 5.75 Å². The molecule has 1 radical (unpaired) electrons. The number of ether oxygens (including phenoxy) is 1. The Labute approximate surface area is 99.3 Å². The second-order valence-corrected chi connectivity index (χ2v) is 3.49. The molecule has 0 spiro atoms. The minimum atomic E-state index is -0.0474. The first-order chi connectivity index (χ1) is 8.29. The van der Waals surface area contributed by atoms with Gasteiger partial charge < -0.3 is 4.74 Å². The average Bonchev–Trinajstić information content (AvgIpc) is 2.40. The summed E-state index contributed by atoms with van der Waals surface area (Å²) in [6.07, 6.45) is 4.23. The van der Waals surface area contributed by atoms with Crippen LogP contribution in [0.3, 0.4) is 0 Å². The molecule has 4 nitrogen and oxygen atoms in total. The van der Waals surface area contributed by atoms with Crippen molar-refractivity contribution in [1.29, 1.82) is 0 Å². The lowest BCUT2D eigenvalue weighted by atomic mass is 10.1. The standard InChI is InChI=1S/C13H11N2O2/c1-17-11-4-2-10(3-5-11)8-13(16)12-6-7-14-9-15-12/h2-7H,8H2,1H3. The second-order valence-electron chi connectivity index (χ2n) is 3.49. The fourth-order valence-electron chi connectivity index (χ4n) is 1.44. The summed E-state index contributed by atoms with van der Waals surface area (Å²) in [5.74, 6) is 0.727. The fraction of sp³-hybridized carbons (Fsp3) is 0.154. The summed E-state index contributed by atoms with van der Waals surface area (Å²) in [6.45, 7) is 0. The van der Waals surface area contributed by atoms with Crippen molar-refractivity contribution in [2.24, 2.45) is 0 Å². The van der Waals surface area contributed by atoms with Gasteiger partial charge in [-0.2, -0.15) is 0 Å². The van der Waals surface area contributed by atoms with Crippen LogP contribution in [0, 0.1) is 6.33 Å². The largest absolute Gasteiger partial charge is 0.497 e. The molecule has 1 heterocycles. The Morgan fingerprint density at radius 2 is 2.06 bits per heavy atom. The van der Waals surface area contributed by atoms with Gasteiger partial charge in [-0.15, -0.1) is 0 Å². The van der Waals surface area contributed by atoms with E-state index in [0.717, 1.165) is 11.3 Å². The van der Waals surface area contributed by atoms with Crippen molar-refractivity contribution in [2.45, 2.75) is 6.42 Å². The third kappa shape index (κ3) is 2.87. The van der Waals surface area contributed by atoms with Gasteiger partial charge in [-0.3, -0.25) is 4.79 Å². The summed E-state index contributed by atoms with van der Waals surface area (Å²) < 4.78 is 5.05. The average molecular weight is 227 g/mol. The molecule has 0 saturated heterocycles. The maximum Gasteiger partial charge on any atom is 0.198 e. The van der Waals surface area contributed by atoms with Crippen LogP contribution in [0.5, 0.6) is 5.75 Å². The SMILES string of the molecule is COc1ccc(CC(=O)c2ccn[c]n2)cc1. The highest BCUT2D eigenvalue weighted by atomic mass is 16.5. The number of hydrogen-bond acceptors (Lipinski definition) is 4. The van der Waals surface area contributed by atoms with Crippen molar-refractivity contribution in [1.82, 2.24) is 9.97 Å². The van der Waals surface area contributed by atoms with Gasteiger partial charge in [-0.25, -0.2) is 9.97 Å². The number of nitrogens with zero attached hydrogens (tertiary/aromatic N) is 2. The molecule has 0 atom stereocenters. The molecule has 2 rings (SSSR count). The Kier molecular flexibility index (Phi) is 3.45. The van der Waals surface area contributed by atoms with Gasteiger partial charge >= 0.3 is 0 Å². The highest BCUT2D eigenvalue weighted by Gasteiger charge is 2.08. The molecular formula is C13H11N2O2. The van der Waals surface area contributed by atoms with E-state index in [1.54, 1.807) is 13.2 Å². The van der Waals surface area contributed by atoms with E-state index in [9.17, 15) is 4.79 Å². The number of Topliss-reactive ketones (excluding diaryl/α,β-unsaturated/α-hetero) is 1. The van der Waals surface area contributed by atoms with Crippen LogP contribution >= 0.6 is 0 Å². The van der Waals surface area contributed by atoms with Crippen LogP contribution in [0.4, 0.5) is 0 Å². The summed E-state index contributed by atoms with van der Waals surface area (Å²) in [4.78, 5) is 19.3. The Morgan fingerprint density at radius 3 is 2.65 bits per heavy atom. The van der Waals surface area contributed by atoms with Crippen LogP contribution in [-0.2, 0) is 6.42 Å². The second kappa shape index (κ2) is 5.21. The third-order valence-corrected chi connectivity index (χ3v) is 2.34. The zero-order valence-corrected chi connectivity index (χ0v) is 9.38. The van der Waals surface area contributed by atoms with Gasteiger partial charge in [0.1, 0.15) is 11.4 Å². The summed E-state index contributed by atoms with van der Waals surface area (Å²) in [5.41, 5.74) is 1.31. The molecule has 0 aliphatic carbocycles. The van der Waals surface area contributed by atoms with Crippen LogP contribution in [-0.4, -0.2) is 22.9 Å². The predicted molar refractivity (Wildman–Crippen MR) is 61.9 cm³/mol. The van der Waals surface area contributed by atoms with Gasteiger partial charge in [0.25, 0.3) is 0 Å². The third-order valence-electron chi connectivity index (χ3n) is 2.34. The van der Waals surface area contributed by atoms with E-state index in [0.29, 0.717) is 12.1 Å². The molecule has 0 saturated carbocycles. The van der Waals surface area contributed by atoms with E-state index in [-0.39, 0.29) is 5.78 Å². The molecule has 2 aromatic rings. The molecule has 1 aromatic carbocycles. The Bertz CT molecular complexity index is 495. The van der Waals surface area contributed by atoms with Crippen molar-refractivity contribution < 1.29 is 9.53 Å². The molecule has 17 heavy (non-hydrogen) atoms. The molecule has 0 aliphatic rings. The van der Waals surface area contributed by atoms with Gasteiger partial charge in [0.2, 0.25) is 0 Å². The number of benzene rings is 1. The van der Waals surface area contributed by atoms with E-state index < -0.39 is 0 Å². The smallest absolute Gasteiger partial charge is 0.198 e. The number of carbonyl (C=O) groups excluding carboxylic acids is 1. The van der Waals surface area contributed by atoms with Crippen LogP contribution in [0.25, 0.3) is 0 Å². The van der Waals surface area contributed by atoms with Crippen molar-refractivity contribution >= 4 is 5.78 Å². The van der Waals surface area contributed by atoms with Gasteiger partial charge in [0.15, 0.2) is 12.1 Å². The monoisotopic (exact) mass is 227 g/mol. The van der Waals surface area contributed by atoms with Crippen molar-refractivity contribution in [2.75, 3.05) is 7.11 Å². The lowest BCUT2D eigenvalue weighted by molar-refractivity contribution is 0.0988. The van der Waals surface area contributed by atoms with E-state index >= 15 is 0 Å². The summed E-state index contributed by atoms with van der Waals surface area (Å²) >= 11 is 0. The molecular weight excluding hydrogens is 216 g/mol. The number of ketones is 1. The molecule has 1 aromatic heterocycles. The molecule has 0 amide bonds. The van der Waals surface area contributed by atoms with E-state index in [4.69, 9.17) is 4.74 Å². The summed E-state index contributed by atoms with van der Waals surface area (Å²) in [6, 6.07) is 8.97. The minimum Gasteiger partial charge on any atom is -0.497 e. The zero-order valence-electron chi connectivity index (χ0n) is 9.38. The molecule has 4 heteroatoms. The van der Waals surface area contributed by atoms with E-state index in [2.05, 4.69) is 16.3 Å². The minimum absolute atomic E-state index is 0.0474. The number of methoxy groups -OCH3 is 1. The van der Waals surface area contributed by atoms with Crippen molar-refractivity contribution in [3.05, 3.63) is 54.1 Å². The summed E-state index contributed by atoms with van der Waals surface area (Å²) in [7, 11) is 1.61. The maximum absolute atomic E-state index is 11.8. The molecule has 0 fully saturated rings. The molecule has 0 unspecified atom stereocenters. The van der Waals surface area contributed by atoms with Crippen LogP contribution in [0.2, 0.25) is 0 Å². The van der Waals surface area contributed by atoms with E-state index in [1.807, 2.05) is 24.3 Å². The normalized spacial score (nSPS) is 9.94. The Morgan fingerprint density at radius 1 is 1.29 bits per heavy atom. The topological polar surface area (TPSA) is 52.1 Å².